The van der Waals surface area contributed by atoms with Gasteiger partial charge in [-0.05, 0) is 53.0 Å². The fourth-order valence-corrected chi connectivity index (χ4v) is 3.39. The zero-order valence-electron chi connectivity index (χ0n) is 20.6. The van der Waals surface area contributed by atoms with Gasteiger partial charge in [0.2, 0.25) is 0 Å². The number of halogens is 3. The van der Waals surface area contributed by atoms with E-state index in [9.17, 15) is 27.9 Å². The first-order valence-corrected chi connectivity index (χ1v) is 11.0. The normalized spacial score (nSPS) is 12.9. The van der Waals surface area contributed by atoms with Crippen molar-refractivity contribution in [2.45, 2.75) is 78.2 Å². The molecule has 0 aliphatic rings. The lowest BCUT2D eigenvalue weighted by molar-refractivity contribution is -0.153. The molecule has 0 aromatic heterocycles. The van der Waals surface area contributed by atoms with Gasteiger partial charge in [0.15, 0.2) is 23.6 Å². The van der Waals surface area contributed by atoms with E-state index < -0.39 is 41.1 Å². The number of hydrogen-bond acceptors (Lipinski definition) is 4. The standard InChI is InChI=1S/C26H32F3NO4/c1-14(24(33)30-19-10-9-18(27)21(28)22(19)29)34-20(31)11-8-15-12-16(25(2,3)4)23(32)17(13-15)26(5,6)7/h9-10,12-14,32H,8,11H2,1-7H3,(H,30,33). The van der Waals surface area contributed by atoms with Crippen molar-refractivity contribution < 1.29 is 32.6 Å². The lowest BCUT2D eigenvalue weighted by Crippen LogP contribution is -2.30. The van der Waals surface area contributed by atoms with Crippen molar-refractivity contribution in [1.29, 1.82) is 0 Å². The Morgan fingerprint density at radius 2 is 1.50 bits per heavy atom. The summed E-state index contributed by atoms with van der Waals surface area (Å²) < 4.78 is 45.3. The van der Waals surface area contributed by atoms with E-state index in [1.807, 2.05) is 53.7 Å². The van der Waals surface area contributed by atoms with Crippen molar-refractivity contribution in [1.82, 2.24) is 0 Å². The number of phenolic OH excluding ortho intramolecular Hbond substituents is 1. The van der Waals surface area contributed by atoms with Crippen molar-refractivity contribution in [3.05, 3.63) is 58.4 Å². The Kier molecular flexibility index (Phi) is 8.06. The molecule has 1 amide bonds. The third-order valence-corrected chi connectivity index (χ3v) is 5.37. The monoisotopic (exact) mass is 479 g/mol. The molecule has 0 aliphatic heterocycles. The largest absolute Gasteiger partial charge is 0.507 e. The van der Waals surface area contributed by atoms with Crippen LogP contribution in [0.3, 0.4) is 0 Å². The Hall–Kier alpha value is -3.03. The van der Waals surface area contributed by atoms with Crippen LogP contribution < -0.4 is 5.32 Å². The third-order valence-electron chi connectivity index (χ3n) is 5.37. The summed E-state index contributed by atoms with van der Waals surface area (Å²) in [6, 6.07) is 5.28. The molecule has 0 aliphatic carbocycles. The van der Waals surface area contributed by atoms with Gasteiger partial charge in [-0.2, -0.15) is 0 Å². The molecule has 8 heteroatoms. The number of carbonyl (C=O) groups is 2. The SMILES string of the molecule is CC(OC(=O)CCc1cc(C(C)(C)C)c(O)c(C(C)(C)C)c1)C(=O)Nc1ccc(F)c(F)c1F. The minimum atomic E-state index is -1.71. The molecular weight excluding hydrogens is 447 g/mol. The van der Waals surface area contributed by atoms with Gasteiger partial charge in [-0.15, -0.1) is 0 Å². The predicted octanol–water partition coefficient (Wildman–Crippen LogP) is 5.91. The molecule has 0 radical (unpaired) electrons. The van der Waals surface area contributed by atoms with E-state index in [2.05, 4.69) is 5.32 Å². The number of benzene rings is 2. The highest BCUT2D eigenvalue weighted by Gasteiger charge is 2.27. The Morgan fingerprint density at radius 1 is 0.971 bits per heavy atom. The number of nitrogens with one attached hydrogen (secondary N) is 1. The summed E-state index contributed by atoms with van der Waals surface area (Å²) in [6.45, 7) is 13.2. The molecule has 2 rings (SSSR count). The van der Waals surface area contributed by atoms with Crippen LogP contribution in [0.15, 0.2) is 24.3 Å². The first-order chi connectivity index (χ1) is 15.5. The predicted molar refractivity (Wildman–Crippen MR) is 124 cm³/mol. The van der Waals surface area contributed by atoms with Crippen molar-refractivity contribution >= 4 is 17.6 Å². The maximum atomic E-state index is 13.8. The Balaban J connectivity index is 2.08. The van der Waals surface area contributed by atoms with E-state index in [4.69, 9.17) is 4.74 Å². The molecule has 0 saturated carbocycles. The highest BCUT2D eigenvalue weighted by Crippen LogP contribution is 2.40. The number of phenols is 1. The molecule has 0 spiro atoms. The summed E-state index contributed by atoms with van der Waals surface area (Å²) in [7, 11) is 0. The maximum Gasteiger partial charge on any atom is 0.306 e. The minimum Gasteiger partial charge on any atom is -0.507 e. The molecule has 34 heavy (non-hydrogen) atoms. The number of ether oxygens (including phenoxy) is 1. The Bertz CT molecular complexity index is 1050. The van der Waals surface area contributed by atoms with E-state index in [1.54, 1.807) is 0 Å². The molecule has 2 aromatic carbocycles. The number of amides is 1. The maximum absolute atomic E-state index is 13.8. The van der Waals surface area contributed by atoms with Crippen molar-refractivity contribution in [3.63, 3.8) is 0 Å². The molecular formula is C26H32F3NO4. The van der Waals surface area contributed by atoms with Crippen molar-refractivity contribution in [3.8, 4) is 5.75 Å². The van der Waals surface area contributed by atoms with Crippen LogP contribution in [0.1, 0.15) is 71.6 Å². The second-order valence-corrected chi connectivity index (χ2v) is 10.4. The summed E-state index contributed by atoms with van der Waals surface area (Å²) in [5, 5.41) is 12.9. The number of anilines is 1. The van der Waals surface area contributed by atoms with Gasteiger partial charge in [-0.25, -0.2) is 13.2 Å². The van der Waals surface area contributed by atoms with Crippen LogP contribution in [0.2, 0.25) is 0 Å². The van der Waals surface area contributed by atoms with Gasteiger partial charge in [0, 0.05) is 6.42 Å². The molecule has 1 unspecified atom stereocenters. The molecule has 1 atom stereocenters. The van der Waals surface area contributed by atoms with Crippen LogP contribution in [0.4, 0.5) is 18.9 Å². The van der Waals surface area contributed by atoms with Crippen LogP contribution in [0.25, 0.3) is 0 Å². The number of aryl methyl sites for hydroxylation is 1. The topological polar surface area (TPSA) is 75.6 Å². The summed E-state index contributed by atoms with van der Waals surface area (Å²) in [4.78, 5) is 24.6. The van der Waals surface area contributed by atoms with Gasteiger partial charge in [0.05, 0.1) is 5.69 Å². The van der Waals surface area contributed by atoms with Gasteiger partial charge in [0.25, 0.3) is 5.91 Å². The molecule has 2 aromatic rings. The van der Waals surface area contributed by atoms with Crippen LogP contribution in [0.5, 0.6) is 5.75 Å². The smallest absolute Gasteiger partial charge is 0.306 e. The van der Waals surface area contributed by atoms with Crippen molar-refractivity contribution in [2.24, 2.45) is 0 Å². The van der Waals surface area contributed by atoms with Crippen LogP contribution in [-0.4, -0.2) is 23.1 Å². The molecule has 2 N–H and O–H groups in total. The van der Waals surface area contributed by atoms with Crippen LogP contribution in [0, 0.1) is 17.5 Å². The molecule has 0 fully saturated rings. The van der Waals surface area contributed by atoms with E-state index in [-0.39, 0.29) is 23.0 Å². The lowest BCUT2D eigenvalue weighted by atomic mass is 9.78. The highest BCUT2D eigenvalue weighted by atomic mass is 19.2. The van der Waals surface area contributed by atoms with Gasteiger partial charge < -0.3 is 15.2 Å². The quantitative estimate of drug-likeness (QED) is 0.399. The second-order valence-electron chi connectivity index (χ2n) is 10.4. The average molecular weight is 480 g/mol. The molecule has 0 bridgehead atoms. The summed E-state index contributed by atoms with van der Waals surface area (Å²) in [5.41, 5.74) is 1.19. The lowest BCUT2D eigenvalue weighted by Gasteiger charge is -2.28. The number of aromatic hydroxyl groups is 1. The number of carbonyl (C=O) groups excluding carboxylic acids is 2. The molecule has 186 valence electrons. The first kappa shape index (κ1) is 27.2. The fraction of sp³-hybridized carbons (Fsp3) is 0.462. The first-order valence-electron chi connectivity index (χ1n) is 11.0. The van der Waals surface area contributed by atoms with Crippen LogP contribution in [-0.2, 0) is 31.6 Å². The fourth-order valence-electron chi connectivity index (χ4n) is 3.39. The van der Waals surface area contributed by atoms with E-state index in [0.717, 1.165) is 22.8 Å². The third kappa shape index (κ3) is 6.52. The average Bonchev–Trinajstić information content (AvgIpc) is 2.71. The Labute approximate surface area is 198 Å². The van der Waals surface area contributed by atoms with E-state index in [1.165, 1.54) is 6.92 Å². The Morgan fingerprint density at radius 3 is 2.00 bits per heavy atom. The number of rotatable bonds is 6. The van der Waals surface area contributed by atoms with Gasteiger partial charge in [-0.1, -0.05) is 53.7 Å². The summed E-state index contributed by atoms with van der Waals surface area (Å²) >= 11 is 0. The van der Waals surface area contributed by atoms with Gasteiger partial charge in [-0.3, -0.25) is 9.59 Å². The zero-order valence-corrected chi connectivity index (χ0v) is 20.6. The molecule has 5 nitrogen and oxygen atoms in total. The molecule has 0 saturated heterocycles. The van der Waals surface area contributed by atoms with Gasteiger partial charge in [0.1, 0.15) is 5.75 Å². The van der Waals surface area contributed by atoms with Crippen LogP contribution >= 0.6 is 0 Å². The number of hydrogen-bond donors (Lipinski definition) is 2. The van der Waals surface area contributed by atoms with E-state index in [0.29, 0.717) is 12.5 Å². The second kappa shape index (κ2) is 10.1. The molecule has 0 heterocycles. The van der Waals surface area contributed by atoms with Crippen molar-refractivity contribution in [2.75, 3.05) is 5.32 Å². The summed E-state index contributed by atoms with van der Waals surface area (Å²) in [6.07, 6.45) is -0.998. The summed E-state index contributed by atoms with van der Waals surface area (Å²) in [5.74, 6) is -5.93. The highest BCUT2D eigenvalue weighted by molar-refractivity contribution is 5.95. The minimum absolute atomic E-state index is 0.0326. The van der Waals surface area contributed by atoms with E-state index >= 15 is 0 Å². The zero-order chi connectivity index (χ0) is 26.0. The van der Waals surface area contributed by atoms with Gasteiger partial charge >= 0.3 is 5.97 Å². The number of esters is 1.